The van der Waals surface area contributed by atoms with Crippen LogP contribution in [0.1, 0.15) is 42.5 Å². The summed E-state index contributed by atoms with van der Waals surface area (Å²) in [7, 11) is 0. The Morgan fingerprint density at radius 1 is 1.22 bits per heavy atom. The van der Waals surface area contributed by atoms with Crippen LogP contribution in [0, 0.1) is 5.92 Å². The quantitative estimate of drug-likeness (QED) is 0.745. The zero-order valence-corrected chi connectivity index (χ0v) is 17.5. The number of halogens is 3. The van der Waals surface area contributed by atoms with Crippen molar-refractivity contribution in [2.75, 3.05) is 26.2 Å². The van der Waals surface area contributed by atoms with Gasteiger partial charge in [0.2, 0.25) is 5.91 Å². The maximum Gasteiger partial charge on any atom is 0.256 e. The first-order valence-electron chi connectivity index (χ1n) is 9.30. The van der Waals surface area contributed by atoms with Gasteiger partial charge in [-0.3, -0.25) is 9.59 Å². The molecule has 2 atom stereocenters. The van der Waals surface area contributed by atoms with E-state index in [0.29, 0.717) is 41.0 Å². The Bertz CT molecular complexity index is 666. The summed E-state index contributed by atoms with van der Waals surface area (Å²) in [6, 6.07) is 4.40. The van der Waals surface area contributed by atoms with Crippen LogP contribution in [0.4, 0.5) is 0 Å². The van der Waals surface area contributed by atoms with Gasteiger partial charge in [0.05, 0.1) is 10.6 Å². The van der Waals surface area contributed by atoms with Gasteiger partial charge in [0.15, 0.2) is 0 Å². The normalized spacial score (nSPS) is 22.2. The van der Waals surface area contributed by atoms with Crippen molar-refractivity contribution in [2.24, 2.45) is 5.92 Å². The minimum absolute atomic E-state index is 0. The molecule has 0 radical (unpaired) electrons. The fourth-order valence-corrected chi connectivity index (χ4v) is 4.16. The van der Waals surface area contributed by atoms with Gasteiger partial charge < -0.3 is 15.5 Å². The molecule has 2 saturated heterocycles. The fraction of sp³-hybridized carbons (Fsp3) is 0.579. The molecule has 0 aromatic heterocycles. The highest BCUT2D eigenvalue weighted by Crippen LogP contribution is 2.26. The van der Waals surface area contributed by atoms with E-state index in [1.54, 1.807) is 23.1 Å². The first kappa shape index (κ1) is 22.3. The molecular weight excluding hydrogens is 409 g/mol. The molecule has 2 heterocycles. The summed E-state index contributed by atoms with van der Waals surface area (Å²) in [6.07, 6.45) is 4.88. The lowest BCUT2D eigenvalue weighted by atomic mass is 9.96. The van der Waals surface area contributed by atoms with E-state index in [1.165, 1.54) is 12.8 Å². The number of piperidine rings is 1. The van der Waals surface area contributed by atoms with Gasteiger partial charge >= 0.3 is 0 Å². The first-order chi connectivity index (χ1) is 12.6. The second-order valence-electron chi connectivity index (χ2n) is 7.07. The van der Waals surface area contributed by atoms with Gasteiger partial charge in [-0.05, 0) is 69.3 Å². The lowest BCUT2D eigenvalue weighted by Gasteiger charge is -2.26. The highest BCUT2D eigenvalue weighted by atomic mass is 35.5. The summed E-state index contributed by atoms with van der Waals surface area (Å²) in [5.41, 5.74) is 0.354. The number of carbonyl (C=O) groups is 2. The standard InChI is InChI=1S/C19H25Cl2N3O2.ClH/c20-14-5-6-16(21)15(11-14)19(26)24-10-2-4-17(24)18(25)23-9-7-13-3-1-8-22-12-13;/h5-6,11,13,17,22H,1-4,7-10,12H2,(H,23,25);1H. The van der Waals surface area contributed by atoms with Crippen LogP contribution in [0.2, 0.25) is 10.0 Å². The van der Waals surface area contributed by atoms with Crippen LogP contribution in [-0.4, -0.2) is 48.9 Å². The number of nitrogens with zero attached hydrogens (tertiary/aromatic N) is 1. The lowest BCUT2D eigenvalue weighted by Crippen LogP contribution is -2.46. The van der Waals surface area contributed by atoms with E-state index < -0.39 is 6.04 Å². The molecule has 2 fully saturated rings. The Kier molecular flexibility index (Phi) is 8.67. The third kappa shape index (κ3) is 5.74. The van der Waals surface area contributed by atoms with Gasteiger partial charge in [0.1, 0.15) is 6.04 Å². The summed E-state index contributed by atoms with van der Waals surface area (Å²) in [6.45, 7) is 3.33. The Hall–Kier alpha value is -1.01. The summed E-state index contributed by atoms with van der Waals surface area (Å²) in [4.78, 5) is 27.1. The largest absolute Gasteiger partial charge is 0.354 e. The van der Waals surface area contributed by atoms with Crippen molar-refractivity contribution in [1.29, 1.82) is 0 Å². The molecule has 2 aliphatic rings. The molecule has 8 heteroatoms. The first-order valence-corrected chi connectivity index (χ1v) is 10.1. The second kappa shape index (κ2) is 10.5. The van der Waals surface area contributed by atoms with Crippen molar-refractivity contribution in [3.8, 4) is 0 Å². The average molecular weight is 435 g/mol. The minimum Gasteiger partial charge on any atom is -0.354 e. The van der Waals surface area contributed by atoms with Crippen molar-refractivity contribution in [2.45, 2.75) is 38.1 Å². The topological polar surface area (TPSA) is 61.4 Å². The van der Waals surface area contributed by atoms with Gasteiger partial charge in [-0.25, -0.2) is 0 Å². The Balaban J connectivity index is 0.00000261. The molecule has 0 spiro atoms. The van der Waals surface area contributed by atoms with E-state index in [2.05, 4.69) is 10.6 Å². The number of likely N-dealkylation sites (tertiary alicyclic amines) is 1. The van der Waals surface area contributed by atoms with Crippen molar-refractivity contribution in [3.63, 3.8) is 0 Å². The SMILES string of the molecule is Cl.O=C(NCCC1CCCNC1)C1CCCN1C(=O)c1cc(Cl)ccc1Cl. The molecule has 2 N–H and O–H groups in total. The zero-order valence-electron chi connectivity index (χ0n) is 15.2. The molecule has 0 bridgehead atoms. The molecule has 5 nitrogen and oxygen atoms in total. The van der Waals surface area contributed by atoms with Crippen molar-refractivity contribution < 1.29 is 9.59 Å². The van der Waals surface area contributed by atoms with Crippen molar-refractivity contribution in [3.05, 3.63) is 33.8 Å². The molecule has 2 amide bonds. The van der Waals surface area contributed by atoms with Crippen LogP contribution < -0.4 is 10.6 Å². The Morgan fingerprint density at radius 3 is 2.78 bits per heavy atom. The number of amides is 2. The summed E-state index contributed by atoms with van der Waals surface area (Å²) in [5.74, 6) is 0.319. The second-order valence-corrected chi connectivity index (χ2v) is 7.92. The minimum atomic E-state index is -0.429. The lowest BCUT2D eigenvalue weighted by molar-refractivity contribution is -0.124. The average Bonchev–Trinajstić information content (AvgIpc) is 3.14. The highest BCUT2D eigenvalue weighted by Gasteiger charge is 2.35. The summed E-state index contributed by atoms with van der Waals surface area (Å²) >= 11 is 12.1. The predicted octanol–water partition coefficient (Wildman–Crippen LogP) is 3.53. The van der Waals surface area contributed by atoms with Gasteiger partial charge in [-0.2, -0.15) is 0 Å². The van der Waals surface area contributed by atoms with Crippen LogP contribution in [0.25, 0.3) is 0 Å². The molecular formula is C19H26Cl3N3O2. The Labute approximate surface area is 176 Å². The zero-order chi connectivity index (χ0) is 18.5. The number of hydrogen-bond donors (Lipinski definition) is 2. The number of benzene rings is 1. The molecule has 2 unspecified atom stereocenters. The molecule has 1 aromatic rings. The van der Waals surface area contributed by atoms with Crippen LogP contribution in [-0.2, 0) is 4.79 Å². The molecule has 150 valence electrons. The number of nitrogens with one attached hydrogen (secondary N) is 2. The van der Waals surface area contributed by atoms with Crippen LogP contribution in [0.3, 0.4) is 0 Å². The smallest absolute Gasteiger partial charge is 0.256 e. The number of rotatable bonds is 5. The molecule has 0 saturated carbocycles. The summed E-state index contributed by atoms with van der Waals surface area (Å²) in [5, 5.41) is 7.22. The van der Waals surface area contributed by atoms with Crippen LogP contribution in [0.5, 0.6) is 0 Å². The van der Waals surface area contributed by atoms with Crippen LogP contribution in [0.15, 0.2) is 18.2 Å². The molecule has 0 aliphatic carbocycles. The van der Waals surface area contributed by atoms with E-state index in [-0.39, 0.29) is 24.2 Å². The number of carbonyl (C=O) groups excluding carboxylic acids is 2. The predicted molar refractivity (Wildman–Crippen MR) is 111 cm³/mol. The molecule has 3 rings (SSSR count). The highest BCUT2D eigenvalue weighted by molar-refractivity contribution is 6.35. The van der Waals surface area contributed by atoms with Gasteiger partial charge in [-0.1, -0.05) is 23.2 Å². The van der Waals surface area contributed by atoms with Gasteiger partial charge in [0, 0.05) is 18.1 Å². The maximum atomic E-state index is 12.9. The van der Waals surface area contributed by atoms with Crippen molar-refractivity contribution >= 4 is 47.4 Å². The molecule has 2 aliphatic heterocycles. The maximum absolute atomic E-state index is 12.9. The Morgan fingerprint density at radius 2 is 2.04 bits per heavy atom. The van der Waals surface area contributed by atoms with E-state index in [0.717, 1.165) is 25.9 Å². The van der Waals surface area contributed by atoms with E-state index in [9.17, 15) is 9.59 Å². The van der Waals surface area contributed by atoms with E-state index in [1.807, 2.05) is 0 Å². The van der Waals surface area contributed by atoms with Gasteiger partial charge in [-0.15, -0.1) is 12.4 Å². The van der Waals surface area contributed by atoms with Crippen molar-refractivity contribution in [1.82, 2.24) is 15.5 Å². The van der Waals surface area contributed by atoms with Gasteiger partial charge in [0.25, 0.3) is 5.91 Å². The molecule has 27 heavy (non-hydrogen) atoms. The van der Waals surface area contributed by atoms with E-state index >= 15 is 0 Å². The molecule has 1 aromatic carbocycles. The number of hydrogen-bond acceptors (Lipinski definition) is 3. The third-order valence-electron chi connectivity index (χ3n) is 5.23. The van der Waals surface area contributed by atoms with E-state index in [4.69, 9.17) is 23.2 Å². The third-order valence-corrected chi connectivity index (χ3v) is 5.79. The monoisotopic (exact) mass is 433 g/mol. The summed E-state index contributed by atoms with van der Waals surface area (Å²) < 4.78 is 0. The fourth-order valence-electron chi connectivity index (χ4n) is 3.79. The van der Waals surface area contributed by atoms with Crippen LogP contribution >= 0.6 is 35.6 Å².